The third kappa shape index (κ3) is 7.93. The van der Waals surface area contributed by atoms with Gasteiger partial charge in [0.2, 0.25) is 0 Å². The number of hydrogen-bond donors (Lipinski definition) is 0. The van der Waals surface area contributed by atoms with Crippen molar-refractivity contribution < 1.29 is 4.39 Å². The topological polar surface area (TPSA) is 0 Å². The average Bonchev–Trinajstić information content (AvgIpc) is 1.97. The molecule has 0 atom stereocenters. The maximum absolute atomic E-state index is 11.6. The van der Waals surface area contributed by atoms with Crippen LogP contribution in [-0.4, -0.2) is 6.67 Å². The predicted molar refractivity (Wildman–Crippen MR) is 43.7 cm³/mol. The Kier molecular flexibility index (Phi) is 8.87. The van der Waals surface area contributed by atoms with Gasteiger partial charge in [0.25, 0.3) is 0 Å². The van der Waals surface area contributed by atoms with E-state index in [2.05, 4.69) is 6.92 Å². The first-order valence-corrected chi connectivity index (χ1v) is 4.27. The van der Waals surface area contributed by atoms with Gasteiger partial charge in [-0.05, 0) is 6.42 Å². The molecule has 0 saturated heterocycles. The molecule has 0 bridgehead atoms. The van der Waals surface area contributed by atoms with Crippen molar-refractivity contribution in [2.75, 3.05) is 6.67 Å². The van der Waals surface area contributed by atoms with Crippen LogP contribution in [0.25, 0.3) is 0 Å². The van der Waals surface area contributed by atoms with Gasteiger partial charge in [-0.15, -0.1) is 0 Å². The maximum atomic E-state index is 11.6. The smallest absolute Gasteiger partial charge is 0.0894 e. The van der Waals surface area contributed by atoms with E-state index in [0.29, 0.717) is 0 Å². The van der Waals surface area contributed by atoms with Gasteiger partial charge in [-0.25, -0.2) is 0 Å². The Labute approximate surface area is 63.8 Å². The highest BCUT2D eigenvalue weighted by Crippen LogP contribution is 2.06. The summed E-state index contributed by atoms with van der Waals surface area (Å²) in [6, 6.07) is 0. The van der Waals surface area contributed by atoms with Gasteiger partial charge in [0.1, 0.15) is 0 Å². The van der Waals surface area contributed by atoms with Crippen molar-refractivity contribution >= 4 is 0 Å². The van der Waals surface area contributed by atoms with Crippen molar-refractivity contribution in [3.63, 3.8) is 0 Å². The van der Waals surface area contributed by atoms with E-state index in [0.717, 1.165) is 19.3 Å². The first-order chi connectivity index (χ1) is 4.91. The summed E-state index contributed by atoms with van der Waals surface area (Å²) in [5.41, 5.74) is 0. The highest BCUT2D eigenvalue weighted by molar-refractivity contribution is 4.46. The van der Waals surface area contributed by atoms with Crippen molar-refractivity contribution in [1.29, 1.82) is 0 Å². The monoisotopic (exact) mass is 145 g/mol. The Morgan fingerprint density at radius 1 is 0.800 bits per heavy atom. The van der Waals surface area contributed by atoms with E-state index < -0.39 is 0 Å². The second-order valence-electron chi connectivity index (χ2n) is 2.66. The zero-order valence-corrected chi connectivity index (χ0v) is 6.74. The molecule has 0 rings (SSSR count). The lowest BCUT2D eigenvalue weighted by Gasteiger charge is -1.96. The maximum Gasteiger partial charge on any atom is 0.0894 e. The van der Waals surface area contributed by atoms with Crippen molar-refractivity contribution in [3.8, 4) is 0 Å². The molecule has 0 aliphatic rings. The Morgan fingerprint density at radius 2 is 1.30 bits per heavy atom. The Hall–Kier alpha value is -0.0700. The number of halogens is 1. The van der Waals surface area contributed by atoms with E-state index in [1.165, 1.54) is 25.7 Å². The zero-order chi connectivity index (χ0) is 7.66. The Morgan fingerprint density at radius 3 is 1.80 bits per heavy atom. The van der Waals surface area contributed by atoms with Crippen molar-refractivity contribution in [1.82, 2.24) is 0 Å². The predicted octanol–water partition coefficient (Wildman–Crippen LogP) is 3.52. The van der Waals surface area contributed by atoms with Crippen LogP contribution in [0.2, 0.25) is 0 Å². The molecule has 0 N–H and O–H groups in total. The fourth-order valence-electron chi connectivity index (χ4n) is 0.978. The molecule has 0 aliphatic heterocycles. The summed E-state index contributed by atoms with van der Waals surface area (Å²) in [5.74, 6) is 0. The molecule has 0 spiro atoms. The summed E-state index contributed by atoms with van der Waals surface area (Å²) in [4.78, 5) is 0. The van der Waals surface area contributed by atoms with Crippen LogP contribution in [0.3, 0.4) is 0 Å². The quantitative estimate of drug-likeness (QED) is 0.481. The van der Waals surface area contributed by atoms with E-state index in [4.69, 9.17) is 0 Å². The van der Waals surface area contributed by atoms with Gasteiger partial charge >= 0.3 is 0 Å². The third-order valence-electron chi connectivity index (χ3n) is 1.63. The number of unbranched alkanes of at least 4 members (excludes halogenated alkanes) is 6. The van der Waals surface area contributed by atoms with Crippen LogP contribution in [-0.2, 0) is 0 Å². The first kappa shape index (κ1) is 9.93. The molecule has 0 aliphatic carbocycles. The molecule has 10 heavy (non-hydrogen) atoms. The summed E-state index contributed by atoms with van der Waals surface area (Å²) in [7, 11) is 0. The zero-order valence-electron chi connectivity index (χ0n) is 6.74. The largest absolute Gasteiger partial charge is 0.251 e. The fourth-order valence-corrected chi connectivity index (χ4v) is 0.978. The van der Waals surface area contributed by atoms with Crippen LogP contribution in [0.15, 0.2) is 0 Å². The summed E-state index contributed by atoms with van der Waals surface area (Å²) in [6.45, 7) is 3.62. The van der Waals surface area contributed by atoms with Gasteiger partial charge < -0.3 is 0 Å². The van der Waals surface area contributed by atoms with Crippen molar-refractivity contribution in [2.45, 2.75) is 44.9 Å². The summed E-state index contributed by atoms with van der Waals surface area (Å²) in [5, 5.41) is 0. The van der Waals surface area contributed by atoms with Gasteiger partial charge in [-0.3, -0.25) is 4.39 Å². The van der Waals surface area contributed by atoms with Crippen LogP contribution in [0.4, 0.5) is 4.39 Å². The molecule has 0 heterocycles. The normalized spacial score (nSPS) is 10.2. The Bertz CT molecular complexity index is 44.7. The van der Waals surface area contributed by atoms with Crippen LogP contribution >= 0.6 is 0 Å². The highest BCUT2D eigenvalue weighted by Gasteiger charge is 1.88. The van der Waals surface area contributed by atoms with Crippen LogP contribution in [0, 0.1) is 6.92 Å². The molecule has 0 aromatic rings. The minimum absolute atomic E-state index is 0.144. The van der Waals surface area contributed by atoms with Crippen LogP contribution in [0.1, 0.15) is 44.9 Å². The SMILES string of the molecule is [CH2]CCCCCCCCF. The van der Waals surface area contributed by atoms with E-state index in [9.17, 15) is 4.39 Å². The molecular weight excluding hydrogens is 127 g/mol. The summed E-state index contributed by atoms with van der Waals surface area (Å²) < 4.78 is 11.6. The minimum Gasteiger partial charge on any atom is -0.251 e. The summed E-state index contributed by atoms with van der Waals surface area (Å²) in [6.07, 6.45) is 7.83. The minimum atomic E-state index is -0.144. The lowest BCUT2D eigenvalue weighted by Crippen LogP contribution is -1.80. The van der Waals surface area contributed by atoms with Gasteiger partial charge in [0.15, 0.2) is 0 Å². The second-order valence-corrected chi connectivity index (χ2v) is 2.66. The van der Waals surface area contributed by atoms with Crippen LogP contribution < -0.4 is 0 Å². The molecule has 0 amide bonds. The molecule has 1 heteroatoms. The molecule has 1 radical (unpaired) electrons. The van der Waals surface area contributed by atoms with Crippen molar-refractivity contribution in [3.05, 3.63) is 6.92 Å². The Balaban J connectivity index is 2.65. The van der Waals surface area contributed by atoms with E-state index in [1.54, 1.807) is 0 Å². The highest BCUT2D eigenvalue weighted by atomic mass is 19.1. The molecule has 0 aromatic carbocycles. The van der Waals surface area contributed by atoms with E-state index >= 15 is 0 Å². The van der Waals surface area contributed by atoms with Gasteiger partial charge in [0, 0.05) is 0 Å². The van der Waals surface area contributed by atoms with Crippen LogP contribution in [0.5, 0.6) is 0 Å². The van der Waals surface area contributed by atoms with E-state index in [-0.39, 0.29) is 6.67 Å². The second kappa shape index (κ2) is 8.93. The molecular formula is C9H18F. The molecule has 0 unspecified atom stereocenters. The number of rotatable bonds is 7. The van der Waals surface area contributed by atoms with E-state index in [1.807, 2.05) is 0 Å². The lowest BCUT2D eigenvalue weighted by atomic mass is 10.1. The standard InChI is InChI=1S/C9H18F/c1-2-3-4-5-6-7-8-9-10/h1-9H2. The lowest BCUT2D eigenvalue weighted by molar-refractivity contribution is 0.450. The van der Waals surface area contributed by atoms with Gasteiger partial charge in [0.05, 0.1) is 6.67 Å². The average molecular weight is 145 g/mol. The number of alkyl halides is 1. The van der Waals surface area contributed by atoms with Crippen molar-refractivity contribution in [2.24, 2.45) is 0 Å². The molecule has 61 valence electrons. The summed E-state index contributed by atoms with van der Waals surface area (Å²) >= 11 is 0. The fraction of sp³-hybridized carbons (Fsp3) is 0.889. The first-order valence-electron chi connectivity index (χ1n) is 4.27. The molecule has 0 fully saturated rings. The molecule has 0 aromatic heterocycles. The number of hydrogen-bond acceptors (Lipinski definition) is 0. The molecule has 0 nitrogen and oxygen atoms in total. The van der Waals surface area contributed by atoms with Gasteiger partial charge in [-0.1, -0.05) is 45.4 Å². The molecule has 0 saturated carbocycles. The third-order valence-corrected chi connectivity index (χ3v) is 1.63. The van der Waals surface area contributed by atoms with Gasteiger partial charge in [-0.2, -0.15) is 0 Å².